The molecule has 1 atom stereocenters. The fraction of sp³-hybridized carbons (Fsp3) is 0.417. The van der Waals surface area contributed by atoms with E-state index in [4.69, 9.17) is 5.73 Å². The van der Waals surface area contributed by atoms with Crippen molar-refractivity contribution in [1.29, 1.82) is 0 Å². The number of nitrogens with two attached hydrogens (primary N) is 1. The molecule has 0 bridgehead atoms. The van der Waals surface area contributed by atoms with Crippen molar-refractivity contribution in [2.45, 2.75) is 13.0 Å². The predicted octanol–water partition coefficient (Wildman–Crippen LogP) is 1.71. The summed E-state index contributed by atoms with van der Waals surface area (Å²) >= 11 is 3.31. The number of likely N-dealkylation sites (N-methyl/N-ethyl adjacent to an activating group) is 1. The molecule has 0 radical (unpaired) electrons. The molecule has 0 aliphatic heterocycles. The number of halogens is 1. The zero-order valence-corrected chi connectivity index (χ0v) is 11.9. The van der Waals surface area contributed by atoms with Crippen LogP contribution in [0.5, 0.6) is 0 Å². The van der Waals surface area contributed by atoms with Crippen LogP contribution in [-0.4, -0.2) is 37.5 Å². The molecule has 0 fully saturated rings. The summed E-state index contributed by atoms with van der Waals surface area (Å²) in [5.74, 6) is -0.0833. The predicted molar refractivity (Wildman–Crippen MR) is 74.0 cm³/mol. The molecule has 0 heterocycles. The van der Waals surface area contributed by atoms with Crippen molar-refractivity contribution in [2.24, 2.45) is 0 Å². The van der Waals surface area contributed by atoms with E-state index < -0.39 is 0 Å². The molecule has 0 aliphatic carbocycles. The Bertz CT molecular complexity index is 407. The number of amides is 1. The quantitative estimate of drug-likeness (QED) is 0.832. The molecule has 94 valence electrons. The highest BCUT2D eigenvalue weighted by molar-refractivity contribution is 9.10. The third kappa shape index (κ3) is 4.36. The minimum absolute atomic E-state index is 0.0833. The van der Waals surface area contributed by atoms with Crippen LogP contribution in [-0.2, 0) is 0 Å². The first kappa shape index (κ1) is 14.0. The number of carbonyl (C=O) groups is 1. The summed E-state index contributed by atoms with van der Waals surface area (Å²) in [5.41, 5.74) is 6.91. The normalized spacial score (nSPS) is 12.5. The maximum atomic E-state index is 11.9. The SMILES string of the molecule is CC(CN(C)C)NC(=O)c1ccc(N)c(Br)c1. The molecule has 0 aliphatic rings. The third-order valence-corrected chi connectivity index (χ3v) is 2.97. The summed E-state index contributed by atoms with van der Waals surface area (Å²) in [6, 6.07) is 5.27. The second-order valence-electron chi connectivity index (χ2n) is 4.37. The highest BCUT2D eigenvalue weighted by Crippen LogP contribution is 2.20. The van der Waals surface area contributed by atoms with Gasteiger partial charge in [0.2, 0.25) is 0 Å². The minimum Gasteiger partial charge on any atom is -0.398 e. The van der Waals surface area contributed by atoms with Crippen molar-refractivity contribution < 1.29 is 4.79 Å². The lowest BCUT2D eigenvalue weighted by Crippen LogP contribution is -2.39. The van der Waals surface area contributed by atoms with Gasteiger partial charge in [0.1, 0.15) is 0 Å². The van der Waals surface area contributed by atoms with Crippen LogP contribution in [0.15, 0.2) is 22.7 Å². The first-order chi connectivity index (χ1) is 7.90. The van der Waals surface area contributed by atoms with E-state index in [9.17, 15) is 4.79 Å². The van der Waals surface area contributed by atoms with Crippen molar-refractivity contribution in [3.05, 3.63) is 28.2 Å². The van der Waals surface area contributed by atoms with Crippen LogP contribution in [0.2, 0.25) is 0 Å². The van der Waals surface area contributed by atoms with E-state index in [1.54, 1.807) is 18.2 Å². The Morgan fingerprint density at radius 3 is 2.71 bits per heavy atom. The zero-order valence-electron chi connectivity index (χ0n) is 10.3. The van der Waals surface area contributed by atoms with E-state index in [1.807, 2.05) is 25.9 Å². The molecular formula is C12H18BrN3O. The molecule has 0 aromatic heterocycles. The topological polar surface area (TPSA) is 58.4 Å². The molecule has 0 saturated carbocycles. The van der Waals surface area contributed by atoms with Gasteiger partial charge in [-0.05, 0) is 55.1 Å². The van der Waals surface area contributed by atoms with Crippen molar-refractivity contribution in [2.75, 3.05) is 26.4 Å². The lowest BCUT2D eigenvalue weighted by molar-refractivity contribution is 0.0934. The van der Waals surface area contributed by atoms with Gasteiger partial charge in [0.25, 0.3) is 5.91 Å². The molecule has 1 rings (SSSR count). The second kappa shape index (κ2) is 6.02. The Balaban J connectivity index is 2.66. The fourth-order valence-corrected chi connectivity index (χ4v) is 1.95. The Labute approximate surface area is 110 Å². The summed E-state index contributed by atoms with van der Waals surface area (Å²) in [6.45, 7) is 2.78. The number of rotatable bonds is 4. The number of benzene rings is 1. The molecule has 3 N–H and O–H groups in total. The summed E-state index contributed by atoms with van der Waals surface area (Å²) in [7, 11) is 3.95. The van der Waals surface area contributed by atoms with Gasteiger partial charge in [-0.3, -0.25) is 4.79 Å². The van der Waals surface area contributed by atoms with Gasteiger partial charge in [-0.25, -0.2) is 0 Å². The summed E-state index contributed by atoms with van der Waals surface area (Å²) in [4.78, 5) is 13.9. The Morgan fingerprint density at radius 2 is 2.18 bits per heavy atom. The van der Waals surface area contributed by atoms with E-state index >= 15 is 0 Å². The van der Waals surface area contributed by atoms with Gasteiger partial charge >= 0.3 is 0 Å². The van der Waals surface area contributed by atoms with Crippen LogP contribution in [0.4, 0.5) is 5.69 Å². The lowest BCUT2D eigenvalue weighted by atomic mass is 10.2. The van der Waals surface area contributed by atoms with E-state index in [0.717, 1.165) is 11.0 Å². The maximum absolute atomic E-state index is 11.9. The van der Waals surface area contributed by atoms with Crippen LogP contribution < -0.4 is 11.1 Å². The summed E-state index contributed by atoms with van der Waals surface area (Å²) in [5, 5.41) is 2.93. The number of hydrogen-bond acceptors (Lipinski definition) is 3. The number of carbonyl (C=O) groups excluding carboxylic acids is 1. The molecule has 1 amide bonds. The number of anilines is 1. The summed E-state index contributed by atoms with van der Waals surface area (Å²) < 4.78 is 0.741. The molecule has 17 heavy (non-hydrogen) atoms. The maximum Gasteiger partial charge on any atom is 0.251 e. The number of nitrogens with zero attached hydrogens (tertiary/aromatic N) is 1. The molecule has 1 unspecified atom stereocenters. The van der Waals surface area contributed by atoms with E-state index in [1.165, 1.54) is 0 Å². The number of nitrogens with one attached hydrogen (secondary N) is 1. The Hall–Kier alpha value is -1.07. The molecule has 0 saturated heterocycles. The van der Waals surface area contributed by atoms with Gasteiger partial charge in [-0.1, -0.05) is 0 Å². The van der Waals surface area contributed by atoms with E-state index in [2.05, 4.69) is 21.2 Å². The zero-order chi connectivity index (χ0) is 13.0. The summed E-state index contributed by atoms with van der Waals surface area (Å²) in [6.07, 6.45) is 0. The fourth-order valence-electron chi connectivity index (χ4n) is 1.57. The largest absolute Gasteiger partial charge is 0.398 e. The van der Waals surface area contributed by atoms with Gasteiger partial charge in [-0.2, -0.15) is 0 Å². The van der Waals surface area contributed by atoms with Crippen molar-refractivity contribution in [3.8, 4) is 0 Å². The average molecular weight is 300 g/mol. The van der Waals surface area contributed by atoms with E-state index in [-0.39, 0.29) is 11.9 Å². The van der Waals surface area contributed by atoms with Gasteiger partial charge in [-0.15, -0.1) is 0 Å². The molecule has 5 heteroatoms. The Kier molecular flexibility index (Phi) is 4.96. The first-order valence-corrected chi connectivity index (χ1v) is 6.20. The van der Waals surface area contributed by atoms with Crippen molar-refractivity contribution >= 4 is 27.5 Å². The second-order valence-corrected chi connectivity index (χ2v) is 5.23. The molecule has 1 aromatic rings. The molecule has 0 spiro atoms. The van der Waals surface area contributed by atoms with E-state index in [0.29, 0.717) is 11.3 Å². The monoisotopic (exact) mass is 299 g/mol. The van der Waals surface area contributed by atoms with Crippen LogP contribution in [0, 0.1) is 0 Å². The number of hydrogen-bond donors (Lipinski definition) is 2. The minimum atomic E-state index is -0.0833. The number of nitrogen functional groups attached to an aromatic ring is 1. The van der Waals surface area contributed by atoms with Crippen molar-refractivity contribution in [1.82, 2.24) is 10.2 Å². The van der Waals surface area contributed by atoms with Gasteiger partial charge in [0.15, 0.2) is 0 Å². The highest BCUT2D eigenvalue weighted by atomic mass is 79.9. The van der Waals surface area contributed by atoms with Gasteiger partial charge in [0, 0.05) is 28.3 Å². The van der Waals surface area contributed by atoms with Crippen molar-refractivity contribution in [3.63, 3.8) is 0 Å². The van der Waals surface area contributed by atoms with Crippen LogP contribution in [0.1, 0.15) is 17.3 Å². The standard InChI is InChI=1S/C12H18BrN3O/c1-8(7-16(2)3)15-12(17)9-4-5-11(14)10(13)6-9/h4-6,8H,7,14H2,1-3H3,(H,15,17). The van der Waals surface area contributed by atoms with Gasteiger partial charge < -0.3 is 16.0 Å². The Morgan fingerprint density at radius 1 is 1.53 bits per heavy atom. The van der Waals surface area contributed by atoms with Crippen LogP contribution in [0.3, 0.4) is 0 Å². The lowest BCUT2D eigenvalue weighted by Gasteiger charge is -2.18. The first-order valence-electron chi connectivity index (χ1n) is 5.40. The average Bonchev–Trinajstić information content (AvgIpc) is 2.20. The highest BCUT2D eigenvalue weighted by Gasteiger charge is 2.11. The molecule has 4 nitrogen and oxygen atoms in total. The van der Waals surface area contributed by atoms with Crippen LogP contribution in [0.25, 0.3) is 0 Å². The van der Waals surface area contributed by atoms with Gasteiger partial charge in [0.05, 0.1) is 0 Å². The molecular weight excluding hydrogens is 282 g/mol. The third-order valence-electron chi connectivity index (χ3n) is 2.28. The smallest absolute Gasteiger partial charge is 0.251 e. The van der Waals surface area contributed by atoms with Crippen LogP contribution >= 0.6 is 15.9 Å². The molecule has 1 aromatic carbocycles.